The van der Waals surface area contributed by atoms with Crippen molar-refractivity contribution < 1.29 is 58.3 Å². The Morgan fingerprint density at radius 2 is 0.783 bits per heavy atom. The molecule has 0 aliphatic heterocycles. The van der Waals surface area contributed by atoms with Crippen molar-refractivity contribution in [1.29, 1.82) is 0 Å². The van der Waals surface area contributed by atoms with Gasteiger partial charge in [0.1, 0.15) is 42.7 Å². The zero-order valence-corrected chi connectivity index (χ0v) is 39.2. The first kappa shape index (κ1) is 57.4. The summed E-state index contributed by atoms with van der Waals surface area (Å²) in [5.41, 5.74) is 0. The quantitative estimate of drug-likeness (QED) is 0.0193. The largest absolute Gasteiger partial charge is 0.472 e. The lowest BCUT2D eigenvalue weighted by Crippen LogP contribution is -2.64. The fourth-order valence-corrected chi connectivity index (χ4v) is 8.98. The Morgan fingerprint density at radius 3 is 1.15 bits per heavy atom. The van der Waals surface area contributed by atoms with Crippen molar-refractivity contribution in [2.24, 2.45) is 0 Å². The maximum atomic E-state index is 12.8. The molecule has 1 aliphatic rings. The highest BCUT2D eigenvalue weighted by Crippen LogP contribution is 2.47. The van der Waals surface area contributed by atoms with E-state index in [9.17, 15) is 39.8 Å². The first-order valence-electron chi connectivity index (χ1n) is 24.9. The van der Waals surface area contributed by atoms with Crippen LogP contribution in [0.15, 0.2) is 0 Å². The second kappa shape index (κ2) is 38.8. The lowest BCUT2D eigenvalue weighted by Gasteiger charge is -2.41. The van der Waals surface area contributed by atoms with Gasteiger partial charge in [0, 0.05) is 13.0 Å². The minimum Gasteiger partial charge on any atom is -0.457 e. The third-order valence-corrected chi connectivity index (χ3v) is 13.0. The molecule has 6 atom stereocenters. The molecule has 0 aromatic rings. The Labute approximate surface area is 365 Å². The van der Waals surface area contributed by atoms with Crippen LogP contribution in [-0.4, -0.2) is 98.9 Å². The van der Waals surface area contributed by atoms with Crippen molar-refractivity contribution in [3.8, 4) is 0 Å². The van der Waals surface area contributed by atoms with Gasteiger partial charge in [-0.2, -0.15) is 0 Å². The molecule has 1 saturated carbocycles. The van der Waals surface area contributed by atoms with Crippen LogP contribution in [0.2, 0.25) is 0 Å². The number of aliphatic hydroxyl groups is 5. The third-order valence-electron chi connectivity index (χ3n) is 12.0. The van der Waals surface area contributed by atoms with Gasteiger partial charge in [0.2, 0.25) is 0 Å². The van der Waals surface area contributed by atoms with Gasteiger partial charge in [0.25, 0.3) is 0 Å². The molecular weight excluding hydrogens is 787 g/mol. The Hall–Kier alpha value is -0.660. The van der Waals surface area contributed by atoms with Crippen molar-refractivity contribution in [2.45, 2.75) is 275 Å². The molecule has 13 heteroatoms. The van der Waals surface area contributed by atoms with Crippen LogP contribution in [0.4, 0.5) is 0 Å². The van der Waals surface area contributed by atoms with Crippen LogP contribution in [0, 0.1) is 0 Å². The number of hydrogen-bond acceptors (Lipinski definition) is 11. The van der Waals surface area contributed by atoms with Crippen LogP contribution in [0.1, 0.15) is 232 Å². The summed E-state index contributed by atoms with van der Waals surface area (Å²) in [5.74, 6) is -0.471. The molecule has 1 rings (SSSR count). The number of esters is 1. The summed E-state index contributed by atoms with van der Waals surface area (Å²) in [6.45, 7) is 4.29. The van der Waals surface area contributed by atoms with E-state index in [1.165, 1.54) is 167 Å². The van der Waals surface area contributed by atoms with Gasteiger partial charge in [-0.1, -0.05) is 213 Å². The smallest absolute Gasteiger partial charge is 0.457 e. The van der Waals surface area contributed by atoms with Gasteiger partial charge < -0.3 is 39.9 Å². The van der Waals surface area contributed by atoms with Crippen LogP contribution in [-0.2, 0) is 27.9 Å². The molecule has 60 heavy (non-hydrogen) atoms. The number of hydrogen-bond donors (Lipinski definition) is 6. The number of ether oxygens (including phenoxy) is 2. The molecular formula is C47H93O12P. The summed E-state index contributed by atoms with van der Waals surface area (Å²) in [6, 6.07) is 0. The number of phosphoric acid groups is 1. The van der Waals surface area contributed by atoms with Crippen LogP contribution in [0.25, 0.3) is 0 Å². The van der Waals surface area contributed by atoms with Crippen LogP contribution < -0.4 is 0 Å². The number of phosphoric ester groups is 1. The Kier molecular flexibility index (Phi) is 37.1. The van der Waals surface area contributed by atoms with Crippen LogP contribution >= 0.6 is 7.82 Å². The minimum atomic E-state index is -5.01. The summed E-state index contributed by atoms with van der Waals surface area (Å²) in [4.78, 5) is 23.2. The van der Waals surface area contributed by atoms with E-state index >= 15 is 0 Å². The van der Waals surface area contributed by atoms with Gasteiger partial charge in [0.15, 0.2) is 0 Å². The third kappa shape index (κ3) is 30.4. The normalized spacial score (nSPS) is 22.2. The van der Waals surface area contributed by atoms with Gasteiger partial charge in [-0.05, 0) is 12.8 Å². The molecule has 6 N–H and O–H groups in total. The molecule has 0 spiro atoms. The number of rotatable bonds is 43. The van der Waals surface area contributed by atoms with Crippen molar-refractivity contribution in [2.75, 3.05) is 19.8 Å². The number of unbranched alkanes of at least 4 members (excludes halogenated alkanes) is 31. The molecule has 0 heterocycles. The number of aliphatic hydroxyl groups excluding tert-OH is 5. The van der Waals surface area contributed by atoms with E-state index in [1.807, 2.05) is 0 Å². The summed E-state index contributed by atoms with van der Waals surface area (Å²) in [5, 5.41) is 50.2. The molecule has 0 saturated heterocycles. The van der Waals surface area contributed by atoms with Crippen LogP contribution in [0.3, 0.4) is 0 Å². The molecule has 0 amide bonds. The summed E-state index contributed by atoms with van der Waals surface area (Å²) in [7, 11) is -5.01. The van der Waals surface area contributed by atoms with Crippen molar-refractivity contribution in [3.63, 3.8) is 0 Å². The fourth-order valence-electron chi connectivity index (χ4n) is 8.01. The Balaban J connectivity index is 2.26. The van der Waals surface area contributed by atoms with Crippen molar-refractivity contribution >= 4 is 13.8 Å². The lowest BCUT2D eigenvalue weighted by atomic mass is 9.85. The maximum absolute atomic E-state index is 12.8. The minimum absolute atomic E-state index is 0.0686. The number of carbonyl (C=O) groups is 1. The van der Waals surface area contributed by atoms with E-state index in [0.29, 0.717) is 13.0 Å². The lowest BCUT2D eigenvalue weighted by molar-refractivity contribution is -0.220. The molecule has 358 valence electrons. The number of carbonyl (C=O) groups excluding carboxylic acids is 1. The van der Waals surface area contributed by atoms with E-state index < -0.39 is 63.1 Å². The van der Waals surface area contributed by atoms with Crippen molar-refractivity contribution in [3.05, 3.63) is 0 Å². The molecule has 0 radical (unpaired) electrons. The Morgan fingerprint density at radius 1 is 0.467 bits per heavy atom. The topological polar surface area (TPSA) is 192 Å². The molecule has 12 nitrogen and oxygen atoms in total. The molecule has 0 bridgehead atoms. The highest BCUT2D eigenvalue weighted by atomic mass is 31.2. The second-order valence-electron chi connectivity index (χ2n) is 17.7. The van der Waals surface area contributed by atoms with E-state index in [2.05, 4.69) is 13.8 Å². The highest BCUT2D eigenvalue weighted by Gasteiger charge is 2.51. The maximum Gasteiger partial charge on any atom is 0.472 e. The average Bonchev–Trinajstić information content (AvgIpc) is 3.23. The predicted molar refractivity (Wildman–Crippen MR) is 240 cm³/mol. The average molecular weight is 881 g/mol. The summed E-state index contributed by atoms with van der Waals surface area (Å²) in [6.07, 6.45) is 29.0. The van der Waals surface area contributed by atoms with Crippen LogP contribution in [0.5, 0.6) is 0 Å². The summed E-state index contributed by atoms with van der Waals surface area (Å²) >= 11 is 0. The van der Waals surface area contributed by atoms with Gasteiger partial charge in [0.05, 0.1) is 13.2 Å². The van der Waals surface area contributed by atoms with Gasteiger partial charge in [-0.25, -0.2) is 4.57 Å². The first-order valence-corrected chi connectivity index (χ1v) is 26.4. The van der Waals surface area contributed by atoms with Gasteiger partial charge in [-0.3, -0.25) is 13.8 Å². The first-order chi connectivity index (χ1) is 29.0. The molecule has 0 aromatic carbocycles. The SMILES string of the molecule is CCCCCCCCCCCCCCCCCCCCCCCCCC(=O)OC(COCCCCCCCCCCCC)COP(=O)(O)OC1C(O)C(O)C(O)C(O)C1O. The Bertz CT molecular complexity index is 1000. The van der Waals surface area contributed by atoms with E-state index in [-0.39, 0.29) is 13.0 Å². The zero-order chi connectivity index (χ0) is 44.1. The molecule has 1 aliphatic carbocycles. The summed E-state index contributed by atoms with van der Waals surface area (Å²) < 4.78 is 34.2. The molecule has 6 unspecified atom stereocenters. The molecule has 0 aromatic heterocycles. The fraction of sp³-hybridized carbons (Fsp3) is 0.979. The standard InChI is InChI=1S/C47H93O12P/c1-3-5-7-9-11-13-15-16-17-18-19-20-21-22-23-24-25-26-27-28-30-32-34-36-41(48)58-40(38-56-37-35-33-31-29-14-12-10-8-6-4-2)39-57-60(54,55)59-47-45(52)43(50)42(49)44(51)46(47)53/h40,42-47,49-53H,3-39H2,1-2H3,(H,54,55). The van der Waals surface area contributed by atoms with E-state index in [1.54, 1.807) is 0 Å². The van der Waals surface area contributed by atoms with E-state index in [0.717, 1.165) is 38.5 Å². The van der Waals surface area contributed by atoms with E-state index in [4.69, 9.17) is 18.5 Å². The highest BCUT2D eigenvalue weighted by molar-refractivity contribution is 7.47. The van der Waals surface area contributed by atoms with Gasteiger partial charge in [-0.15, -0.1) is 0 Å². The second-order valence-corrected chi connectivity index (χ2v) is 19.1. The van der Waals surface area contributed by atoms with Crippen molar-refractivity contribution in [1.82, 2.24) is 0 Å². The zero-order valence-electron chi connectivity index (χ0n) is 38.3. The molecule has 1 fully saturated rings. The monoisotopic (exact) mass is 881 g/mol. The predicted octanol–water partition coefficient (Wildman–Crippen LogP) is 10.5. The van der Waals surface area contributed by atoms with Gasteiger partial charge >= 0.3 is 13.8 Å².